The Morgan fingerprint density at radius 1 is 1.38 bits per heavy atom. The van der Waals surface area contributed by atoms with Crippen LogP contribution >= 0.6 is 0 Å². The SMILES string of the molecule is [2H]c1cc2c(c([2H])c1O)C([2H])([2H])C[C@H]1[C@@H]3C[C@@H](O)C4(OCCO4)[C@@]3(C)CC[C@]21[2H]. The zero-order valence-corrected chi connectivity index (χ0v) is 13.8. The van der Waals surface area contributed by atoms with E-state index in [0.717, 1.165) is 0 Å². The van der Waals surface area contributed by atoms with E-state index in [-0.39, 0.29) is 30.0 Å². The van der Waals surface area contributed by atoms with Crippen molar-refractivity contribution in [1.82, 2.24) is 0 Å². The summed E-state index contributed by atoms with van der Waals surface area (Å²) in [5, 5.41) is 21.0. The van der Waals surface area contributed by atoms with E-state index in [0.29, 0.717) is 38.0 Å². The molecule has 1 aromatic rings. The highest BCUT2D eigenvalue weighted by Gasteiger charge is 2.69. The lowest BCUT2D eigenvalue weighted by Crippen LogP contribution is -2.54. The lowest BCUT2D eigenvalue weighted by Gasteiger charge is -2.52. The first kappa shape index (κ1) is 10.8. The Balaban J connectivity index is 1.68. The fourth-order valence-electron chi connectivity index (χ4n) is 5.67. The largest absolute Gasteiger partial charge is 0.508 e. The van der Waals surface area contributed by atoms with Gasteiger partial charge in [0.1, 0.15) is 11.9 Å². The van der Waals surface area contributed by atoms with Crippen molar-refractivity contribution in [3.05, 3.63) is 29.3 Å². The Kier molecular flexibility index (Phi) is 2.23. The highest BCUT2D eigenvalue weighted by atomic mass is 16.7. The van der Waals surface area contributed by atoms with Crippen molar-refractivity contribution in [1.29, 1.82) is 0 Å². The van der Waals surface area contributed by atoms with Gasteiger partial charge in [-0.25, -0.2) is 0 Å². The van der Waals surface area contributed by atoms with Crippen LogP contribution < -0.4 is 0 Å². The van der Waals surface area contributed by atoms with Crippen LogP contribution in [0.15, 0.2) is 18.2 Å². The summed E-state index contributed by atoms with van der Waals surface area (Å²) in [6, 6.07) is 0.725. The molecule has 0 radical (unpaired) electrons. The van der Waals surface area contributed by atoms with Crippen molar-refractivity contribution in [3.8, 4) is 5.75 Å². The molecule has 0 unspecified atom stereocenters. The van der Waals surface area contributed by atoms with Gasteiger partial charge in [-0.2, -0.15) is 0 Å². The van der Waals surface area contributed by atoms with Crippen LogP contribution in [0.5, 0.6) is 5.75 Å². The molecule has 1 spiro atoms. The molecule has 5 rings (SSSR count). The van der Waals surface area contributed by atoms with Crippen molar-refractivity contribution in [3.63, 3.8) is 0 Å². The predicted molar refractivity (Wildman–Crippen MR) is 88.7 cm³/mol. The van der Waals surface area contributed by atoms with Gasteiger partial charge in [0.05, 0.1) is 16.0 Å². The van der Waals surface area contributed by atoms with Crippen LogP contribution in [0.1, 0.15) is 56.5 Å². The summed E-state index contributed by atoms with van der Waals surface area (Å²) in [5.41, 5.74) is -0.185. The molecular weight excluding hydrogens is 304 g/mol. The summed E-state index contributed by atoms with van der Waals surface area (Å²) in [5.74, 6) is -3.45. The number of aliphatic hydroxyl groups excluding tert-OH is 1. The minimum Gasteiger partial charge on any atom is -0.508 e. The topological polar surface area (TPSA) is 58.9 Å². The Hall–Kier alpha value is -1.10. The monoisotopic (exact) mass is 335 g/mol. The fraction of sp³-hybridized carbons (Fsp3) is 0.700. The molecule has 1 heterocycles. The van der Waals surface area contributed by atoms with Crippen LogP contribution in [0.3, 0.4) is 0 Å². The van der Waals surface area contributed by atoms with Gasteiger partial charge in [-0.1, -0.05) is 13.0 Å². The first-order valence-corrected chi connectivity index (χ1v) is 8.78. The van der Waals surface area contributed by atoms with Crippen molar-refractivity contribution < 1.29 is 26.5 Å². The average Bonchev–Trinajstić information content (AvgIpc) is 3.22. The Morgan fingerprint density at radius 3 is 2.96 bits per heavy atom. The summed E-state index contributed by atoms with van der Waals surface area (Å²) < 4.78 is 54.9. The number of ether oxygens (including phenoxy) is 2. The highest BCUT2D eigenvalue weighted by Crippen LogP contribution is 2.66. The van der Waals surface area contributed by atoms with E-state index in [1.807, 2.05) is 6.92 Å². The summed E-state index contributed by atoms with van der Waals surface area (Å²) in [7, 11) is 0. The van der Waals surface area contributed by atoms with Crippen LogP contribution in [-0.2, 0) is 15.8 Å². The first-order valence-electron chi connectivity index (χ1n) is 11.3. The maximum Gasteiger partial charge on any atom is 0.200 e. The third kappa shape index (κ3) is 1.74. The lowest BCUT2D eigenvalue weighted by molar-refractivity contribution is -0.270. The Bertz CT molecular complexity index is 886. The highest BCUT2D eigenvalue weighted by molar-refractivity contribution is 5.40. The molecule has 1 aliphatic heterocycles. The summed E-state index contributed by atoms with van der Waals surface area (Å²) in [6.07, 6.45) is -1.42. The number of fused-ring (bicyclic) bond motifs is 6. The van der Waals surface area contributed by atoms with E-state index in [4.69, 9.17) is 15.0 Å². The van der Waals surface area contributed by atoms with E-state index in [2.05, 4.69) is 0 Å². The number of hydrogen-bond donors (Lipinski definition) is 2. The number of hydrogen-bond acceptors (Lipinski definition) is 4. The van der Waals surface area contributed by atoms with Gasteiger partial charge in [0.2, 0.25) is 0 Å². The normalized spacial score (nSPS) is 50.8. The quantitative estimate of drug-likeness (QED) is 0.765. The maximum atomic E-state index is 10.9. The first-order chi connectivity index (χ1) is 13.5. The van der Waals surface area contributed by atoms with Gasteiger partial charge in [0, 0.05) is 9.53 Å². The molecule has 3 aliphatic carbocycles. The number of aromatic hydroxyl groups is 1. The minimum absolute atomic E-state index is 0.0230. The van der Waals surface area contributed by atoms with Gasteiger partial charge in [-0.05, 0) is 73.0 Å². The lowest BCUT2D eigenvalue weighted by atomic mass is 9.55. The molecule has 130 valence electrons. The molecule has 2 N–H and O–H groups in total. The van der Waals surface area contributed by atoms with Crippen molar-refractivity contribution in [2.24, 2.45) is 17.3 Å². The second-order valence-electron chi connectivity index (χ2n) is 7.70. The second-order valence-corrected chi connectivity index (χ2v) is 7.70. The summed E-state index contributed by atoms with van der Waals surface area (Å²) >= 11 is 0. The Labute approximate surface area is 149 Å². The van der Waals surface area contributed by atoms with E-state index in [9.17, 15) is 11.6 Å². The van der Waals surface area contributed by atoms with Gasteiger partial charge < -0.3 is 19.7 Å². The number of benzene rings is 1. The molecule has 2 saturated carbocycles. The maximum absolute atomic E-state index is 10.9. The third-order valence-corrected chi connectivity index (χ3v) is 6.80. The van der Waals surface area contributed by atoms with Gasteiger partial charge in [0.25, 0.3) is 0 Å². The molecular formula is C20H26O4. The van der Waals surface area contributed by atoms with Crippen LogP contribution in [0.2, 0.25) is 0 Å². The number of aliphatic hydroxyl groups is 1. The number of phenols is 1. The molecule has 4 nitrogen and oxygen atoms in total. The fourth-order valence-corrected chi connectivity index (χ4v) is 5.67. The van der Waals surface area contributed by atoms with E-state index < -0.39 is 41.2 Å². The van der Waals surface area contributed by atoms with Crippen LogP contribution in [-0.4, -0.2) is 35.3 Å². The zero-order valence-electron chi connectivity index (χ0n) is 18.8. The smallest absolute Gasteiger partial charge is 0.200 e. The summed E-state index contributed by atoms with van der Waals surface area (Å²) in [4.78, 5) is 0. The van der Waals surface area contributed by atoms with Crippen LogP contribution in [0.4, 0.5) is 0 Å². The van der Waals surface area contributed by atoms with E-state index in [1.165, 1.54) is 6.07 Å². The minimum atomic E-state index is -1.91. The van der Waals surface area contributed by atoms with Gasteiger partial charge in [-0.15, -0.1) is 0 Å². The molecule has 4 heteroatoms. The van der Waals surface area contributed by atoms with Gasteiger partial charge in [0.15, 0.2) is 5.79 Å². The standard InChI is InChI=1S/C20H26O4/c1-19-7-6-15-14-5-3-13(21)10-12(14)2-4-16(15)17(19)11-18(22)20(19)23-8-9-24-20/h3,5,10,15-18,21-22H,2,4,6-9,11H2,1H3/t15-,16-,17+,18-,19+/m1/s1/i2D2,3D,10D,15D. The van der Waals surface area contributed by atoms with Crippen molar-refractivity contribution >= 4 is 0 Å². The van der Waals surface area contributed by atoms with E-state index in [1.54, 1.807) is 0 Å². The van der Waals surface area contributed by atoms with Crippen LogP contribution in [0, 0.1) is 17.3 Å². The molecule has 3 fully saturated rings. The van der Waals surface area contributed by atoms with E-state index >= 15 is 0 Å². The number of rotatable bonds is 0. The zero-order chi connectivity index (χ0) is 21.0. The van der Waals surface area contributed by atoms with Crippen molar-refractivity contribution in [2.75, 3.05) is 13.2 Å². The van der Waals surface area contributed by atoms with Crippen molar-refractivity contribution in [2.45, 2.75) is 56.8 Å². The number of phenolic OH excluding ortho intramolecular Hbond substituents is 1. The average molecular weight is 335 g/mol. The van der Waals surface area contributed by atoms with Gasteiger partial charge in [-0.3, -0.25) is 0 Å². The van der Waals surface area contributed by atoms with Gasteiger partial charge >= 0.3 is 0 Å². The molecule has 0 bridgehead atoms. The molecule has 1 aromatic carbocycles. The molecule has 4 aliphatic rings. The third-order valence-electron chi connectivity index (χ3n) is 6.80. The second kappa shape index (κ2) is 4.96. The molecule has 0 amide bonds. The molecule has 0 aromatic heterocycles. The Morgan fingerprint density at radius 2 is 2.17 bits per heavy atom. The predicted octanol–water partition coefficient (Wildman–Crippen LogP) is 2.96. The van der Waals surface area contributed by atoms with Crippen LogP contribution in [0.25, 0.3) is 0 Å². The molecule has 24 heavy (non-hydrogen) atoms. The molecule has 1 saturated heterocycles. The molecule has 5 atom stereocenters. The summed E-state index contributed by atoms with van der Waals surface area (Å²) in [6.45, 7) is 2.83.